The lowest BCUT2D eigenvalue weighted by atomic mass is 10.1. The molecule has 1 atom stereocenters. The Morgan fingerprint density at radius 1 is 1.27 bits per heavy atom. The van der Waals surface area contributed by atoms with Crippen LogP contribution < -0.4 is 10.5 Å². The molecular weight excluding hydrogens is 190 g/mol. The number of esters is 1. The van der Waals surface area contributed by atoms with Crippen LogP contribution in [0.2, 0.25) is 0 Å². The van der Waals surface area contributed by atoms with E-state index in [0.717, 1.165) is 5.56 Å². The third-order valence-electron chi connectivity index (χ3n) is 2.23. The zero-order valence-corrected chi connectivity index (χ0v) is 9.36. The third kappa shape index (κ3) is 3.36. The molecule has 1 aromatic carbocycles. The molecule has 0 aliphatic carbocycles. The Morgan fingerprint density at radius 2 is 1.80 bits per heavy atom. The normalized spacial score (nSPS) is 12.6. The van der Waals surface area contributed by atoms with Crippen LogP contribution in [0.3, 0.4) is 0 Å². The molecule has 1 rings (SSSR count). The molecule has 2 N–H and O–H groups in total. The molecule has 0 amide bonds. The molecule has 1 aromatic rings. The number of hydrogen-bond acceptors (Lipinski definition) is 3. The highest BCUT2D eigenvalue weighted by atomic mass is 16.5. The standard InChI is InChI=1S/C12H17NO2/c1-8(2)11(13)12(14)15-10-6-4-9(3)5-7-10/h4-8,11H,13H2,1-3H3. The highest BCUT2D eigenvalue weighted by molar-refractivity contribution is 5.78. The molecule has 0 aliphatic heterocycles. The summed E-state index contributed by atoms with van der Waals surface area (Å²) < 4.78 is 5.13. The molecule has 0 spiro atoms. The van der Waals surface area contributed by atoms with Crippen LogP contribution in [-0.4, -0.2) is 12.0 Å². The van der Waals surface area contributed by atoms with Crippen molar-refractivity contribution in [3.8, 4) is 5.75 Å². The molecule has 0 heterocycles. The first-order valence-corrected chi connectivity index (χ1v) is 5.04. The molecule has 0 aliphatic rings. The highest BCUT2D eigenvalue weighted by Crippen LogP contribution is 2.13. The summed E-state index contributed by atoms with van der Waals surface area (Å²) in [6, 6.07) is 6.75. The van der Waals surface area contributed by atoms with E-state index in [1.807, 2.05) is 32.9 Å². The van der Waals surface area contributed by atoms with E-state index >= 15 is 0 Å². The van der Waals surface area contributed by atoms with Crippen LogP contribution in [-0.2, 0) is 4.79 Å². The maximum absolute atomic E-state index is 11.5. The van der Waals surface area contributed by atoms with Gasteiger partial charge in [0.1, 0.15) is 11.8 Å². The van der Waals surface area contributed by atoms with Gasteiger partial charge in [0.25, 0.3) is 0 Å². The van der Waals surface area contributed by atoms with Crippen molar-refractivity contribution in [1.82, 2.24) is 0 Å². The van der Waals surface area contributed by atoms with Gasteiger partial charge in [0.05, 0.1) is 0 Å². The molecule has 0 radical (unpaired) electrons. The lowest BCUT2D eigenvalue weighted by Crippen LogP contribution is -2.38. The SMILES string of the molecule is Cc1ccc(OC(=O)C(N)C(C)C)cc1. The fraction of sp³-hybridized carbons (Fsp3) is 0.417. The molecule has 0 aromatic heterocycles. The van der Waals surface area contributed by atoms with E-state index in [1.54, 1.807) is 12.1 Å². The monoisotopic (exact) mass is 207 g/mol. The summed E-state index contributed by atoms with van der Waals surface area (Å²) in [5.74, 6) is 0.249. The summed E-state index contributed by atoms with van der Waals surface area (Å²) in [6.45, 7) is 5.76. The molecule has 0 saturated carbocycles. The van der Waals surface area contributed by atoms with Crippen molar-refractivity contribution >= 4 is 5.97 Å². The summed E-state index contributed by atoms with van der Waals surface area (Å²) in [7, 11) is 0. The molecule has 0 fully saturated rings. The van der Waals surface area contributed by atoms with Crippen LogP contribution in [0.4, 0.5) is 0 Å². The van der Waals surface area contributed by atoms with Crippen molar-refractivity contribution in [2.45, 2.75) is 26.8 Å². The van der Waals surface area contributed by atoms with Crippen LogP contribution in [0.1, 0.15) is 19.4 Å². The van der Waals surface area contributed by atoms with E-state index in [0.29, 0.717) is 5.75 Å². The zero-order chi connectivity index (χ0) is 11.4. The van der Waals surface area contributed by atoms with Gasteiger partial charge in [0.2, 0.25) is 0 Å². The molecule has 1 unspecified atom stereocenters. The minimum Gasteiger partial charge on any atom is -0.425 e. The first-order chi connectivity index (χ1) is 7.00. The highest BCUT2D eigenvalue weighted by Gasteiger charge is 2.19. The van der Waals surface area contributed by atoms with Gasteiger partial charge in [0, 0.05) is 0 Å². The number of nitrogens with two attached hydrogens (primary N) is 1. The van der Waals surface area contributed by atoms with Crippen molar-refractivity contribution in [3.63, 3.8) is 0 Å². The minimum absolute atomic E-state index is 0.0861. The number of carbonyl (C=O) groups excluding carboxylic acids is 1. The molecule has 0 saturated heterocycles. The van der Waals surface area contributed by atoms with E-state index in [2.05, 4.69) is 0 Å². The fourth-order valence-corrected chi connectivity index (χ4v) is 1.06. The molecule has 0 bridgehead atoms. The van der Waals surface area contributed by atoms with Gasteiger partial charge in [-0.3, -0.25) is 0 Å². The lowest BCUT2D eigenvalue weighted by Gasteiger charge is -2.14. The van der Waals surface area contributed by atoms with Gasteiger partial charge in [-0.25, -0.2) is 4.79 Å². The molecule has 3 heteroatoms. The topological polar surface area (TPSA) is 52.3 Å². The Morgan fingerprint density at radius 3 is 2.27 bits per heavy atom. The maximum atomic E-state index is 11.5. The summed E-state index contributed by atoms with van der Waals surface area (Å²) >= 11 is 0. The summed E-state index contributed by atoms with van der Waals surface area (Å²) in [5, 5.41) is 0. The van der Waals surface area contributed by atoms with E-state index < -0.39 is 6.04 Å². The number of benzene rings is 1. The van der Waals surface area contributed by atoms with Crippen molar-refractivity contribution in [2.24, 2.45) is 11.7 Å². The molecule has 15 heavy (non-hydrogen) atoms. The van der Waals surface area contributed by atoms with Crippen molar-refractivity contribution < 1.29 is 9.53 Å². The van der Waals surface area contributed by atoms with Crippen molar-refractivity contribution in [1.29, 1.82) is 0 Å². The Labute approximate surface area is 90.2 Å². The Bertz CT molecular complexity index is 330. The van der Waals surface area contributed by atoms with Crippen LogP contribution in [0.5, 0.6) is 5.75 Å². The first kappa shape index (κ1) is 11.7. The van der Waals surface area contributed by atoms with Gasteiger partial charge in [0.15, 0.2) is 0 Å². The van der Waals surface area contributed by atoms with Crippen LogP contribution in [0, 0.1) is 12.8 Å². The average molecular weight is 207 g/mol. The molecule has 3 nitrogen and oxygen atoms in total. The quantitative estimate of drug-likeness (QED) is 0.608. The number of rotatable bonds is 3. The summed E-state index contributed by atoms with van der Waals surface area (Å²) in [6.07, 6.45) is 0. The maximum Gasteiger partial charge on any atom is 0.328 e. The van der Waals surface area contributed by atoms with Crippen LogP contribution in [0.15, 0.2) is 24.3 Å². The lowest BCUT2D eigenvalue weighted by molar-refractivity contribution is -0.136. The molecule has 82 valence electrons. The van der Waals surface area contributed by atoms with Gasteiger partial charge >= 0.3 is 5.97 Å². The second-order valence-electron chi connectivity index (χ2n) is 4.00. The summed E-state index contributed by atoms with van der Waals surface area (Å²) in [4.78, 5) is 11.5. The van der Waals surface area contributed by atoms with Crippen molar-refractivity contribution in [2.75, 3.05) is 0 Å². The summed E-state index contributed by atoms with van der Waals surface area (Å²) in [5.41, 5.74) is 6.79. The van der Waals surface area contributed by atoms with Crippen molar-refractivity contribution in [3.05, 3.63) is 29.8 Å². The Balaban J connectivity index is 2.62. The van der Waals surface area contributed by atoms with E-state index in [-0.39, 0.29) is 11.9 Å². The van der Waals surface area contributed by atoms with Crippen LogP contribution in [0.25, 0.3) is 0 Å². The van der Waals surface area contributed by atoms with E-state index in [9.17, 15) is 4.79 Å². The van der Waals surface area contributed by atoms with Gasteiger partial charge < -0.3 is 10.5 Å². The van der Waals surface area contributed by atoms with E-state index in [4.69, 9.17) is 10.5 Å². The predicted molar refractivity (Wildman–Crippen MR) is 59.6 cm³/mol. The first-order valence-electron chi connectivity index (χ1n) is 5.04. The number of hydrogen-bond donors (Lipinski definition) is 1. The largest absolute Gasteiger partial charge is 0.425 e. The average Bonchev–Trinajstić information content (AvgIpc) is 2.20. The second-order valence-corrected chi connectivity index (χ2v) is 4.00. The Hall–Kier alpha value is -1.35. The number of ether oxygens (including phenoxy) is 1. The second kappa shape index (κ2) is 4.94. The van der Waals surface area contributed by atoms with Crippen LogP contribution >= 0.6 is 0 Å². The Kier molecular flexibility index (Phi) is 3.86. The smallest absolute Gasteiger partial charge is 0.328 e. The van der Waals surface area contributed by atoms with Gasteiger partial charge in [-0.1, -0.05) is 31.5 Å². The van der Waals surface area contributed by atoms with Gasteiger partial charge in [-0.2, -0.15) is 0 Å². The fourth-order valence-electron chi connectivity index (χ4n) is 1.06. The predicted octanol–water partition coefficient (Wildman–Crippen LogP) is 1.88. The van der Waals surface area contributed by atoms with Gasteiger partial charge in [-0.15, -0.1) is 0 Å². The number of carbonyl (C=O) groups is 1. The zero-order valence-electron chi connectivity index (χ0n) is 9.36. The molecular formula is C12H17NO2. The minimum atomic E-state index is -0.564. The third-order valence-corrected chi connectivity index (χ3v) is 2.23. The van der Waals surface area contributed by atoms with Gasteiger partial charge in [-0.05, 0) is 25.0 Å². The number of aryl methyl sites for hydroxylation is 1. The van der Waals surface area contributed by atoms with E-state index in [1.165, 1.54) is 0 Å².